The van der Waals surface area contributed by atoms with Gasteiger partial charge >= 0.3 is 0 Å². The summed E-state index contributed by atoms with van der Waals surface area (Å²) in [7, 11) is 0. The van der Waals surface area contributed by atoms with Crippen molar-refractivity contribution >= 4 is 12.2 Å². The number of nitrogens with one attached hydrogen (secondary N) is 2. The van der Waals surface area contributed by atoms with Crippen LogP contribution in [0.1, 0.15) is 56.2 Å². The van der Waals surface area contributed by atoms with Gasteiger partial charge in [0.15, 0.2) is 0 Å². The zero-order valence-electron chi connectivity index (χ0n) is 12.9. The quantitative estimate of drug-likeness (QED) is 0.480. The fraction of sp³-hybridized carbons (Fsp3) is 0.529. The maximum absolute atomic E-state index is 10.4. The Morgan fingerprint density at radius 2 is 2.29 bits per heavy atom. The van der Waals surface area contributed by atoms with Crippen LogP contribution in [0.3, 0.4) is 0 Å². The SMILES string of the molecule is CCC(C)c1ccccc1C1CCCN1C(=N)CNC=O. The molecule has 0 bridgehead atoms. The van der Waals surface area contributed by atoms with Crippen molar-refractivity contribution in [1.82, 2.24) is 10.2 Å². The summed E-state index contributed by atoms with van der Waals surface area (Å²) in [6.45, 7) is 5.69. The van der Waals surface area contributed by atoms with Crippen LogP contribution >= 0.6 is 0 Å². The fourth-order valence-corrected chi connectivity index (χ4v) is 3.14. The van der Waals surface area contributed by atoms with Gasteiger partial charge in [-0.15, -0.1) is 0 Å². The number of hydrogen-bond donors (Lipinski definition) is 2. The summed E-state index contributed by atoms with van der Waals surface area (Å²) < 4.78 is 0. The van der Waals surface area contributed by atoms with Crippen LogP contribution in [-0.4, -0.2) is 30.2 Å². The second kappa shape index (κ2) is 7.25. The van der Waals surface area contributed by atoms with Crippen molar-refractivity contribution in [2.45, 2.75) is 45.1 Å². The van der Waals surface area contributed by atoms with E-state index in [0.717, 1.165) is 25.8 Å². The van der Waals surface area contributed by atoms with Crippen LogP contribution in [-0.2, 0) is 4.79 Å². The molecule has 2 atom stereocenters. The third-order valence-corrected chi connectivity index (χ3v) is 4.45. The van der Waals surface area contributed by atoms with E-state index in [9.17, 15) is 4.79 Å². The smallest absolute Gasteiger partial charge is 0.207 e. The summed E-state index contributed by atoms with van der Waals surface area (Å²) in [5.74, 6) is 1.04. The molecule has 0 aliphatic carbocycles. The van der Waals surface area contributed by atoms with Crippen molar-refractivity contribution in [1.29, 1.82) is 5.41 Å². The Bertz CT molecular complexity index is 501. The molecule has 0 spiro atoms. The van der Waals surface area contributed by atoms with E-state index in [1.54, 1.807) is 0 Å². The number of amidine groups is 1. The molecule has 21 heavy (non-hydrogen) atoms. The summed E-state index contributed by atoms with van der Waals surface area (Å²) in [4.78, 5) is 12.6. The van der Waals surface area contributed by atoms with Crippen LogP contribution < -0.4 is 5.32 Å². The number of nitrogens with zero attached hydrogens (tertiary/aromatic N) is 1. The van der Waals surface area contributed by atoms with Gasteiger partial charge in [0, 0.05) is 6.54 Å². The van der Waals surface area contributed by atoms with E-state index >= 15 is 0 Å². The lowest BCUT2D eigenvalue weighted by Gasteiger charge is -2.30. The molecular weight excluding hydrogens is 262 g/mol. The van der Waals surface area contributed by atoms with Gasteiger partial charge < -0.3 is 10.2 Å². The van der Waals surface area contributed by atoms with Gasteiger partial charge in [0.1, 0.15) is 5.84 Å². The highest BCUT2D eigenvalue weighted by Crippen LogP contribution is 2.36. The number of carbonyl (C=O) groups excluding carboxylic acids is 1. The second-order valence-corrected chi connectivity index (χ2v) is 5.74. The molecule has 1 aliphatic heterocycles. The Morgan fingerprint density at radius 1 is 1.52 bits per heavy atom. The van der Waals surface area contributed by atoms with E-state index in [0.29, 0.717) is 24.7 Å². The van der Waals surface area contributed by atoms with Crippen molar-refractivity contribution in [3.05, 3.63) is 35.4 Å². The molecule has 0 radical (unpaired) electrons. The highest BCUT2D eigenvalue weighted by atomic mass is 16.1. The summed E-state index contributed by atoms with van der Waals surface area (Å²) >= 11 is 0. The summed E-state index contributed by atoms with van der Waals surface area (Å²) in [5.41, 5.74) is 2.74. The molecule has 1 amide bonds. The molecular formula is C17H25N3O. The monoisotopic (exact) mass is 287 g/mol. The number of likely N-dealkylation sites (tertiary alicyclic amines) is 1. The highest BCUT2D eigenvalue weighted by Gasteiger charge is 2.29. The Hall–Kier alpha value is -1.84. The van der Waals surface area contributed by atoms with E-state index < -0.39 is 0 Å². The van der Waals surface area contributed by atoms with Crippen LogP contribution in [0.5, 0.6) is 0 Å². The molecule has 1 fully saturated rings. The standard InChI is InChI=1S/C17H25N3O/c1-3-13(2)14-7-4-5-8-15(14)16-9-6-10-20(16)17(18)11-19-12-21/h4-5,7-8,12-13,16,18H,3,6,9-11H2,1-2H3,(H,19,21). The first-order chi connectivity index (χ1) is 10.2. The van der Waals surface area contributed by atoms with Crippen LogP contribution in [0.4, 0.5) is 0 Å². The molecule has 2 unspecified atom stereocenters. The molecule has 1 heterocycles. The zero-order valence-corrected chi connectivity index (χ0v) is 12.9. The van der Waals surface area contributed by atoms with E-state index in [1.165, 1.54) is 11.1 Å². The Kier molecular flexibility index (Phi) is 5.37. The number of hydrogen-bond acceptors (Lipinski definition) is 2. The van der Waals surface area contributed by atoms with E-state index in [4.69, 9.17) is 5.41 Å². The molecule has 4 heteroatoms. The van der Waals surface area contributed by atoms with E-state index in [2.05, 4.69) is 48.3 Å². The van der Waals surface area contributed by atoms with Gasteiger partial charge in [-0.25, -0.2) is 0 Å². The van der Waals surface area contributed by atoms with Crippen LogP contribution in [0.25, 0.3) is 0 Å². The predicted octanol–water partition coefficient (Wildman–Crippen LogP) is 3.06. The lowest BCUT2D eigenvalue weighted by atomic mass is 9.89. The first-order valence-corrected chi connectivity index (χ1v) is 7.79. The van der Waals surface area contributed by atoms with Crippen molar-refractivity contribution in [2.24, 2.45) is 0 Å². The van der Waals surface area contributed by atoms with Gasteiger partial charge in [-0.2, -0.15) is 0 Å². The van der Waals surface area contributed by atoms with Gasteiger partial charge in [0.05, 0.1) is 12.6 Å². The second-order valence-electron chi connectivity index (χ2n) is 5.74. The molecule has 114 valence electrons. The molecule has 1 aliphatic rings. The van der Waals surface area contributed by atoms with E-state index in [-0.39, 0.29) is 6.04 Å². The Labute approximate surface area is 127 Å². The maximum atomic E-state index is 10.4. The average Bonchev–Trinajstić information content (AvgIpc) is 3.01. The minimum Gasteiger partial charge on any atom is -0.352 e. The van der Waals surface area contributed by atoms with Crippen molar-refractivity contribution < 1.29 is 4.79 Å². The third kappa shape index (κ3) is 3.43. The molecule has 2 rings (SSSR count). The molecule has 0 saturated carbocycles. The molecule has 1 aromatic carbocycles. The molecule has 0 aromatic heterocycles. The van der Waals surface area contributed by atoms with Gasteiger partial charge in [0.25, 0.3) is 0 Å². The van der Waals surface area contributed by atoms with Gasteiger partial charge in [-0.1, -0.05) is 38.1 Å². The number of rotatable bonds is 6. The van der Waals surface area contributed by atoms with Gasteiger partial charge in [-0.3, -0.25) is 10.2 Å². The Morgan fingerprint density at radius 3 is 3.00 bits per heavy atom. The number of benzene rings is 1. The topological polar surface area (TPSA) is 56.2 Å². The van der Waals surface area contributed by atoms with Crippen molar-refractivity contribution in [3.63, 3.8) is 0 Å². The minimum absolute atomic E-state index is 0.274. The lowest BCUT2D eigenvalue weighted by molar-refractivity contribution is -0.109. The Balaban J connectivity index is 2.24. The van der Waals surface area contributed by atoms with Crippen LogP contribution in [0, 0.1) is 5.41 Å². The highest BCUT2D eigenvalue weighted by molar-refractivity contribution is 5.83. The summed E-state index contributed by atoms with van der Waals surface area (Å²) in [6.07, 6.45) is 3.96. The molecule has 1 aromatic rings. The van der Waals surface area contributed by atoms with Crippen molar-refractivity contribution in [2.75, 3.05) is 13.1 Å². The maximum Gasteiger partial charge on any atom is 0.207 e. The number of amides is 1. The largest absolute Gasteiger partial charge is 0.352 e. The van der Waals surface area contributed by atoms with Crippen LogP contribution in [0.2, 0.25) is 0 Å². The van der Waals surface area contributed by atoms with Gasteiger partial charge in [0.2, 0.25) is 6.41 Å². The summed E-state index contributed by atoms with van der Waals surface area (Å²) in [5, 5.41) is 10.8. The average molecular weight is 287 g/mol. The normalized spacial score (nSPS) is 19.3. The zero-order chi connectivity index (χ0) is 15.2. The summed E-state index contributed by atoms with van der Waals surface area (Å²) in [6, 6.07) is 8.88. The number of carbonyl (C=O) groups is 1. The molecule has 2 N–H and O–H groups in total. The first-order valence-electron chi connectivity index (χ1n) is 7.79. The van der Waals surface area contributed by atoms with Crippen LogP contribution in [0.15, 0.2) is 24.3 Å². The van der Waals surface area contributed by atoms with Crippen molar-refractivity contribution in [3.8, 4) is 0 Å². The molecule has 4 nitrogen and oxygen atoms in total. The lowest BCUT2D eigenvalue weighted by Crippen LogP contribution is -2.37. The molecule has 1 saturated heterocycles. The first kappa shape index (κ1) is 15.5. The minimum atomic E-state index is 0.274. The fourth-order valence-electron chi connectivity index (χ4n) is 3.14. The third-order valence-electron chi connectivity index (χ3n) is 4.45. The predicted molar refractivity (Wildman–Crippen MR) is 85.6 cm³/mol. The van der Waals surface area contributed by atoms with E-state index in [1.807, 2.05) is 0 Å². The van der Waals surface area contributed by atoms with Gasteiger partial charge in [-0.05, 0) is 36.3 Å².